The highest BCUT2D eigenvalue weighted by molar-refractivity contribution is 6.05. The number of carboxylic acids is 1. The third-order valence-corrected chi connectivity index (χ3v) is 2.87. The maximum absolute atomic E-state index is 12.8. The highest BCUT2D eigenvalue weighted by Crippen LogP contribution is 2.34. The average molecular weight is 309 g/mol. The van der Waals surface area contributed by atoms with Crippen molar-refractivity contribution in [2.75, 3.05) is 5.32 Å². The molecule has 0 saturated heterocycles. The zero-order valence-electron chi connectivity index (χ0n) is 11.0. The molecule has 1 amide bonds. The van der Waals surface area contributed by atoms with Gasteiger partial charge in [-0.2, -0.15) is 13.2 Å². The van der Waals surface area contributed by atoms with Crippen LogP contribution >= 0.6 is 0 Å². The minimum Gasteiger partial charge on any atom is -0.478 e. The van der Waals surface area contributed by atoms with Crippen molar-refractivity contribution in [2.24, 2.45) is 0 Å². The molecule has 0 aliphatic rings. The summed E-state index contributed by atoms with van der Waals surface area (Å²) in [6, 6.07) is 9.47. The highest BCUT2D eigenvalue weighted by Gasteiger charge is 2.33. The lowest BCUT2D eigenvalue weighted by Crippen LogP contribution is -2.16. The normalized spacial score (nSPS) is 11.0. The molecule has 2 rings (SSSR count). The number of amides is 1. The van der Waals surface area contributed by atoms with Crippen molar-refractivity contribution in [3.63, 3.8) is 0 Å². The van der Waals surface area contributed by atoms with Gasteiger partial charge in [0.1, 0.15) is 0 Å². The van der Waals surface area contributed by atoms with Gasteiger partial charge < -0.3 is 10.4 Å². The number of anilines is 1. The van der Waals surface area contributed by atoms with E-state index in [0.717, 1.165) is 12.1 Å². The number of hydrogen-bond acceptors (Lipinski definition) is 2. The van der Waals surface area contributed by atoms with E-state index in [1.807, 2.05) is 0 Å². The Morgan fingerprint density at radius 2 is 1.45 bits per heavy atom. The van der Waals surface area contributed by atoms with Gasteiger partial charge in [0.2, 0.25) is 0 Å². The van der Waals surface area contributed by atoms with Gasteiger partial charge in [-0.05, 0) is 36.4 Å². The number of para-hydroxylation sites is 1. The molecular weight excluding hydrogens is 299 g/mol. The van der Waals surface area contributed by atoms with Crippen molar-refractivity contribution in [1.29, 1.82) is 0 Å². The first-order valence-electron chi connectivity index (χ1n) is 6.10. The molecule has 2 aromatic rings. The number of alkyl halides is 3. The van der Waals surface area contributed by atoms with E-state index in [-0.39, 0.29) is 16.8 Å². The summed E-state index contributed by atoms with van der Waals surface area (Å²) in [4.78, 5) is 22.7. The smallest absolute Gasteiger partial charge is 0.418 e. The Balaban J connectivity index is 2.24. The topological polar surface area (TPSA) is 66.4 Å². The van der Waals surface area contributed by atoms with E-state index >= 15 is 0 Å². The summed E-state index contributed by atoms with van der Waals surface area (Å²) >= 11 is 0. The number of carbonyl (C=O) groups is 2. The van der Waals surface area contributed by atoms with Gasteiger partial charge >= 0.3 is 12.1 Å². The standard InChI is InChI=1S/C15H10F3NO3/c16-15(17,18)11-3-1-2-4-12(11)19-13(20)9-5-7-10(8-6-9)14(21)22/h1-8H,(H,19,20)(H,21,22). The van der Waals surface area contributed by atoms with E-state index in [9.17, 15) is 22.8 Å². The third kappa shape index (κ3) is 3.43. The molecule has 0 atom stereocenters. The minimum atomic E-state index is -4.59. The van der Waals surface area contributed by atoms with E-state index in [2.05, 4.69) is 5.32 Å². The summed E-state index contributed by atoms with van der Waals surface area (Å²) in [5, 5.41) is 10.9. The summed E-state index contributed by atoms with van der Waals surface area (Å²) in [7, 11) is 0. The number of carbonyl (C=O) groups excluding carboxylic acids is 1. The molecule has 0 unspecified atom stereocenters. The molecule has 0 fully saturated rings. The zero-order valence-corrected chi connectivity index (χ0v) is 11.0. The Labute approximate surface area is 123 Å². The van der Waals surface area contributed by atoms with Crippen molar-refractivity contribution in [3.8, 4) is 0 Å². The van der Waals surface area contributed by atoms with Gasteiger partial charge in [-0.15, -0.1) is 0 Å². The first kappa shape index (κ1) is 15.6. The van der Waals surface area contributed by atoms with Crippen LogP contribution in [0.2, 0.25) is 0 Å². The Kier molecular flexibility index (Phi) is 4.16. The van der Waals surface area contributed by atoms with Crippen LogP contribution in [0.4, 0.5) is 18.9 Å². The molecule has 2 aromatic carbocycles. The van der Waals surface area contributed by atoms with Crippen LogP contribution in [0, 0.1) is 0 Å². The molecule has 0 saturated carbocycles. The summed E-state index contributed by atoms with van der Waals surface area (Å²) in [5.41, 5.74) is -1.28. The minimum absolute atomic E-state index is 0.0211. The molecule has 0 bridgehead atoms. The maximum Gasteiger partial charge on any atom is 0.418 e. The fourth-order valence-corrected chi connectivity index (χ4v) is 1.80. The van der Waals surface area contributed by atoms with Crippen molar-refractivity contribution in [2.45, 2.75) is 6.18 Å². The van der Waals surface area contributed by atoms with Gasteiger partial charge in [0.15, 0.2) is 0 Å². The van der Waals surface area contributed by atoms with E-state index in [4.69, 9.17) is 5.11 Å². The first-order chi connectivity index (χ1) is 10.3. The van der Waals surface area contributed by atoms with E-state index < -0.39 is 23.6 Å². The predicted molar refractivity (Wildman–Crippen MR) is 72.8 cm³/mol. The van der Waals surface area contributed by atoms with Gasteiger partial charge in [0, 0.05) is 5.56 Å². The van der Waals surface area contributed by atoms with Gasteiger partial charge in [0.25, 0.3) is 5.91 Å². The number of carboxylic acid groups (broad SMARTS) is 1. The van der Waals surface area contributed by atoms with E-state index in [1.165, 1.54) is 36.4 Å². The van der Waals surface area contributed by atoms with Gasteiger partial charge in [-0.1, -0.05) is 12.1 Å². The summed E-state index contributed by atoms with van der Waals surface area (Å²) in [6.07, 6.45) is -4.59. The molecule has 4 nitrogen and oxygen atoms in total. The van der Waals surface area contributed by atoms with Crippen LogP contribution in [0.3, 0.4) is 0 Å². The average Bonchev–Trinajstić information content (AvgIpc) is 2.46. The number of aromatic carboxylic acids is 1. The monoisotopic (exact) mass is 309 g/mol. The third-order valence-electron chi connectivity index (χ3n) is 2.87. The second-order valence-electron chi connectivity index (χ2n) is 4.38. The SMILES string of the molecule is O=C(O)c1ccc(C(=O)Nc2ccccc2C(F)(F)F)cc1. The second kappa shape index (κ2) is 5.88. The number of rotatable bonds is 3. The number of halogens is 3. The van der Waals surface area contributed by atoms with Crippen LogP contribution < -0.4 is 5.32 Å². The van der Waals surface area contributed by atoms with Crippen molar-refractivity contribution in [3.05, 3.63) is 65.2 Å². The molecule has 2 N–H and O–H groups in total. The molecule has 0 aliphatic carbocycles. The van der Waals surface area contributed by atoms with Crippen LogP contribution in [-0.4, -0.2) is 17.0 Å². The van der Waals surface area contributed by atoms with Crippen molar-refractivity contribution < 1.29 is 27.9 Å². The Bertz CT molecular complexity index is 709. The van der Waals surface area contributed by atoms with Crippen molar-refractivity contribution in [1.82, 2.24) is 0 Å². The van der Waals surface area contributed by atoms with E-state index in [1.54, 1.807) is 0 Å². The number of nitrogens with one attached hydrogen (secondary N) is 1. The molecule has 0 aliphatic heterocycles. The molecule has 22 heavy (non-hydrogen) atoms. The Morgan fingerprint density at radius 3 is 2.00 bits per heavy atom. The molecule has 0 radical (unpaired) electrons. The van der Waals surface area contributed by atoms with Crippen LogP contribution in [0.25, 0.3) is 0 Å². The molecular formula is C15H10F3NO3. The molecule has 7 heteroatoms. The second-order valence-corrected chi connectivity index (χ2v) is 4.38. The van der Waals surface area contributed by atoms with E-state index in [0.29, 0.717) is 0 Å². The number of hydrogen-bond donors (Lipinski definition) is 2. The van der Waals surface area contributed by atoms with Crippen LogP contribution in [0.15, 0.2) is 48.5 Å². The van der Waals surface area contributed by atoms with Crippen LogP contribution in [-0.2, 0) is 6.18 Å². The molecule has 0 heterocycles. The fraction of sp³-hybridized carbons (Fsp3) is 0.0667. The van der Waals surface area contributed by atoms with Crippen LogP contribution in [0.5, 0.6) is 0 Å². The lowest BCUT2D eigenvalue weighted by molar-refractivity contribution is -0.136. The summed E-state index contributed by atoms with van der Waals surface area (Å²) in [6.45, 7) is 0. The van der Waals surface area contributed by atoms with Gasteiger partial charge in [-0.25, -0.2) is 4.79 Å². The maximum atomic E-state index is 12.8. The fourth-order valence-electron chi connectivity index (χ4n) is 1.80. The quantitative estimate of drug-likeness (QED) is 0.909. The zero-order chi connectivity index (χ0) is 16.3. The highest BCUT2D eigenvalue weighted by atomic mass is 19.4. The Morgan fingerprint density at radius 1 is 0.909 bits per heavy atom. The first-order valence-corrected chi connectivity index (χ1v) is 6.10. The van der Waals surface area contributed by atoms with Crippen LogP contribution in [0.1, 0.15) is 26.3 Å². The molecule has 0 spiro atoms. The lowest BCUT2D eigenvalue weighted by atomic mass is 10.1. The Hall–Kier alpha value is -2.83. The van der Waals surface area contributed by atoms with Gasteiger partial charge in [-0.3, -0.25) is 4.79 Å². The summed E-state index contributed by atoms with van der Waals surface area (Å²) < 4.78 is 38.5. The molecule has 0 aromatic heterocycles. The van der Waals surface area contributed by atoms with Gasteiger partial charge in [0.05, 0.1) is 16.8 Å². The predicted octanol–water partition coefficient (Wildman–Crippen LogP) is 3.66. The largest absolute Gasteiger partial charge is 0.478 e. The molecule has 114 valence electrons. The summed E-state index contributed by atoms with van der Waals surface area (Å²) in [5.74, 6) is -1.91. The lowest BCUT2D eigenvalue weighted by Gasteiger charge is -2.13. The number of benzene rings is 2. The van der Waals surface area contributed by atoms with Crippen molar-refractivity contribution >= 4 is 17.6 Å².